The normalized spacial score (nSPS) is 14.7. The van der Waals surface area contributed by atoms with E-state index in [2.05, 4.69) is 15.6 Å². The number of amides is 2. The average molecular weight is 351 g/mol. The van der Waals surface area contributed by atoms with Crippen LogP contribution in [0, 0.1) is 6.92 Å². The van der Waals surface area contributed by atoms with Crippen molar-refractivity contribution < 1.29 is 9.59 Å². The number of benzene rings is 1. The number of aryl methyl sites for hydroxylation is 1. The molecule has 1 aliphatic rings. The molecule has 0 atom stereocenters. The molecule has 1 aromatic carbocycles. The molecule has 0 aliphatic heterocycles. The van der Waals surface area contributed by atoms with Crippen LogP contribution in [-0.2, 0) is 6.54 Å². The van der Waals surface area contributed by atoms with Crippen LogP contribution in [0.3, 0.4) is 0 Å². The minimum Gasteiger partial charge on any atom is -0.348 e. The van der Waals surface area contributed by atoms with Crippen molar-refractivity contribution in [2.24, 2.45) is 0 Å². The Morgan fingerprint density at radius 3 is 2.38 bits per heavy atom. The van der Waals surface area contributed by atoms with Gasteiger partial charge in [0.05, 0.1) is 0 Å². The molecule has 1 fully saturated rings. The van der Waals surface area contributed by atoms with Crippen LogP contribution in [0.25, 0.3) is 0 Å². The van der Waals surface area contributed by atoms with Gasteiger partial charge in [-0.15, -0.1) is 0 Å². The van der Waals surface area contributed by atoms with Gasteiger partial charge in [-0.3, -0.25) is 9.59 Å². The number of nitrogens with zero attached hydrogens (tertiary/aromatic N) is 1. The number of carbonyl (C=O) groups is 2. The molecule has 3 rings (SSSR count). The molecule has 2 aromatic rings. The van der Waals surface area contributed by atoms with E-state index in [1.54, 1.807) is 18.2 Å². The second-order valence-corrected chi connectivity index (χ2v) is 6.83. The molecule has 2 amide bonds. The van der Waals surface area contributed by atoms with Crippen molar-refractivity contribution in [2.45, 2.75) is 51.6 Å². The van der Waals surface area contributed by atoms with Crippen LogP contribution in [0.5, 0.6) is 0 Å². The van der Waals surface area contributed by atoms with Gasteiger partial charge in [-0.05, 0) is 43.0 Å². The maximum absolute atomic E-state index is 12.4. The summed E-state index contributed by atoms with van der Waals surface area (Å²) < 4.78 is 0. The van der Waals surface area contributed by atoms with E-state index < -0.39 is 0 Å². The molecule has 0 bridgehead atoms. The first-order valence-electron chi connectivity index (χ1n) is 9.24. The van der Waals surface area contributed by atoms with Crippen LogP contribution in [0.15, 0.2) is 42.5 Å². The van der Waals surface area contributed by atoms with Gasteiger partial charge in [0, 0.05) is 12.6 Å². The largest absolute Gasteiger partial charge is 0.348 e. The van der Waals surface area contributed by atoms with Crippen LogP contribution in [0.4, 0.5) is 0 Å². The van der Waals surface area contributed by atoms with Crippen molar-refractivity contribution in [1.29, 1.82) is 0 Å². The van der Waals surface area contributed by atoms with Gasteiger partial charge in [0.25, 0.3) is 11.8 Å². The van der Waals surface area contributed by atoms with Gasteiger partial charge in [0.2, 0.25) is 0 Å². The van der Waals surface area contributed by atoms with Gasteiger partial charge in [-0.25, -0.2) is 4.98 Å². The third-order valence-corrected chi connectivity index (χ3v) is 4.86. The number of carbonyl (C=O) groups excluding carboxylic acids is 2. The maximum Gasteiger partial charge on any atom is 0.270 e. The molecule has 1 heterocycles. The highest BCUT2D eigenvalue weighted by Gasteiger charge is 2.18. The third kappa shape index (κ3) is 4.69. The predicted octanol–water partition coefficient (Wildman–Crippen LogP) is 3.38. The Bertz CT molecular complexity index is 782. The smallest absolute Gasteiger partial charge is 0.270 e. The molecule has 5 heteroatoms. The highest BCUT2D eigenvalue weighted by atomic mass is 16.2. The first kappa shape index (κ1) is 18.1. The highest BCUT2D eigenvalue weighted by Crippen LogP contribution is 2.17. The lowest BCUT2D eigenvalue weighted by molar-refractivity contribution is 0.0922. The summed E-state index contributed by atoms with van der Waals surface area (Å²) in [5, 5.41) is 5.90. The lowest BCUT2D eigenvalue weighted by Crippen LogP contribution is -2.36. The first-order valence-corrected chi connectivity index (χ1v) is 9.24. The minimum atomic E-state index is -0.277. The zero-order valence-corrected chi connectivity index (χ0v) is 15.1. The zero-order chi connectivity index (χ0) is 18.4. The summed E-state index contributed by atoms with van der Waals surface area (Å²) in [6.45, 7) is 2.45. The number of aromatic nitrogens is 1. The molecule has 26 heavy (non-hydrogen) atoms. The number of hydrogen-bond acceptors (Lipinski definition) is 3. The van der Waals surface area contributed by atoms with Crippen molar-refractivity contribution in [3.63, 3.8) is 0 Å². The van der Waals surface area contributed by atoms with E-state index in [9.17, 15) is 9.59 Å². The zero-order valence-electron chi connectivity index (χ0n) is 15.1. The monoisotopic (exact) mass is 351 g/mol. The van der Waals surface area contributed by atoms with Crippen molar-refractivity contribution in [3.05, 3.63) is 65.0 Å². The van der Waals surface area contributed by atoms with Crippen molar-refractivity contribution in [2.75, 3.05) is 0 Å². The van der Waals surface area contributed by atoms with Crippen LogP contribution in [0.2, 0.25) is 0 Å². The van der Waals surface area contributed by atoms with Crippen molar-refractivity contribution in [3.8, 4) is 0 Å². The number of nitrogens with one attached hydrogen (secondary N) is 2. The van der Waals surface area contributed by atoms with E-state index in [0.717, 1.165) is 36.8 Å². The molecule has 1 aromatic heterocycles. The third-order valence-electron chi connectivity index (χ3n) is 4.86. The van der Waals surface area contributed by atoms with Gasteiger partial charge in [-0.1, -0.05) is 49.6 Å². The summed E-state index contributed by atoms with van der Waals surface area (Å²) in [6.07, 6.45) is 5.57. The molecule has 5 nitrogen and oxygen atoms in total. The summed E-state index contributed by atoms with van der Waals surface area (Å²) >= 11 is 0. The summed E-state index contributed by atoms with van der Waals surface area (Å²) in [5.41, 5.74) is 2.74. The van der Waals surface area contributed by atoms with Crippen molar-refractivity contribution in [1.82, 2.24) is 15.6 Å². The van der Waals surface area contributed by atoms with E-state index in [1.807, 2.05) is 31.2 Å². The number of rotatable bonds is 5. The number of hydrogen-bond donors (Lipinski definition) is 2. The summed E-state index contributed by atoms with van der Waals surface area (Å²) in [4.78, 5) is 29.0. The molecular formula is C21H25N3O2. The molecule has 0 radical (unpaired) electrons. The van der Waals surface area contributed by atoms with E-state index in [0.29, 0.717) is 12.2 Å². The van der Waals surface area contributed by atoms with Gasteiger partial charge in [0.15, 0.2) is 0 Å². The lowest BCUT2D eigenvalue weighted by atomic mass is 9.95. The number of pyridine rings is 1. The quantitative estimate of drug-likeness (QED) is 0.867. The molecule has 2 N–H and O–H groups in total. The topological polar surface area (TPSA) is 71.1 Å². The van der Waals surface area contributed by atoms with Gasteiger partial charge in [-0.2, -0.15) is 0 Å². The second kappa shape index (κ2) is 8.61. The Morgan fingerprint density at radius 2 is 1.65 bits per heavy atom. The summed E-state index contributed by atoms with van der Waals surface area (Å²) in [5.74, 6) is -0.481. The fourth-order valence-electron chi connectivity index (χ4n) is 3.27. The maximum atomic E-state index is 12.4. The first-order chi connectivity index (χ1) is 12.6. The minimum absolute atomic E-state index is 0.203. The highest BCUT2D eigenvalue weighted by molar-refractivity contribution is 5.96. The molecule has 0 unspecified atom stereocenters. The Labute approximate surface area is 154 Å². The summed E-state index contributed by atoms with van der Waals surface area (Å²) in [7, 11) is 0. The van der Waals surface area contributed by atoms with Crippen LogP contribution < -0.4 is 10.6 Å². The fraction of sp³-hybridized carbons (Fsp3) is 0.381. The summed E-state index contributed by atoms with van der Waals surface area (Å²) in [6, 6.07) is 13.1. The molecule has 1 aliphatic carbocycles. The van der Waals surface area contributed by atoms with E-state index in [4.69, 9.17) is 0 Å². The predicted molar refractivity (Wildman–Crippen MR) is 101 cm³/mol. The van der Waals surface area contributed by atoms with Crippen LogP contribution in [0.1, 0.15) is 64.2 Å². The SMILES string of the molecule is Cc1ccccc1CNC(=O)c1cccc(C(=O)NC2CCCCC2)n1. The molecule has 0 saturated heterocycles. The van der Waals surface area contributed by atoms with E-state index in [-0.39, 0.29) is 23.6 Å². The average Bonchev–Trinajstić information content (AvgIpc) is 2.68. The van der Waals surface area contributed by atoms with E-state index >= 15 is 0 Å². The van der Waals surface area contributed by atoms with Gasteiger partial charge >= 0.3 is 0 Å². The van der Waals surface area contributed by atoms with Crippen LogP contribution >= 0.6 is 0 Å². The van der Waals surface area contributed by atoms with Crippen molar-refractivity contribution >= 4 is 11.8 Å². The Hall–Kier alpha value is -2.69. The Kier molecular flexibility index (Phi) is 6.00. The molecule has 0 spiro atoms. The fourth-order valence-corrected chi connectivity index (χ4v) is 3.27. The lowest BCUT2D eigenvalue weighted by Gasteiger charge is -2.22. The van der Waals surface area contributed by atoms with Gasteiger partial charge in [0.1, 0.15) is 11.4 Å². The van der Waals surface area contributed by atoms with Crippen LogP contribution in [-0.4, -0.2) is 22.8 Å². The molecule has 1 saturated carbocycles. The Balaban J connectivity index is 1.61. The second-order valence-electron chi connectivity index (χ2n) is 6.83. The molecular weight excluding hydrogens is 326 g/mol. The van der Waals surface area contributed by atoms with E-state index in [1.165, 1.54) is 6.42 Å². The molecule has 136 valence electrons. The van der Waals surface area contributed by atoms with Gasteiger partial charge < -0.3 is 10.6 Å². The standard InChI is InChI=1S/C21H25N3O2/c1-15-8-5-6-9-16(15)14-22-20(25)18-12-7-13-19(24-18)21(26)23-17-10-3-2-4-11-17/h5-9,12-13,17H,2-4,10-11,14H2,1H3,(H,22,25)(H,23,26). The Morgan fingerprint density at radius 1 is 0.962 bits per heavy atom.